The van der Waals surface area contributed by atoms with Gasteiger partial charge in [-0.3, -0.25) is 4.99 Å². The van der Waals surface area contributed by atoms with Crippen molar-refractivity contribution in [3.05, 3.63) is 59.8 Å². The van der Waals surface area contributed by atoms with E-state index in [9.17, 15) is 20.4 Å². The van der Waals surface area contributed by atoms with E-state index in [0.717, 1.165) is 37.6 Å². The summed E-state index contributed by atoms with van der Waals surface area (Å²) >= 11 is 0. The van der Waals surface area contributed by atoms with Gasteiger partial charge in [0, 0.05) is 55.6 Å². The van der Waals surface area contributed by atoms with Crippen LogP contribution in [-0.4, -0.2) is 74.9 Å². The van der Waals surface area contributed by atoms with Gasteiger partial charge in [-0.1, -0.05) is 53.8 Å². The Balaban J connectivity index is 1.29. The van der Waals surface area contributed by atoms with Crippen molar-refractivity contribution in [1.82, 2.24) is 15.6 Å². The zero-order valence-electron chi connectivity index (χ0n) is 26.8. The number of aliphatic imine (C=N–C) groups is 1. The molecule has 8 nitrogen and oxygen atoms in total. The van der Waals surface area contributed by atoms with Gasteiger partial charge in [0.2, 0.25) is 0 Å². The lowest BCUT2D eigenvalue weighted by atomic mass is 9.44. The molecule has 1 aromatic carbocycles. The van der Waals surface area contributed by atoms with Crippen molar-refractivity contribution < 1.29 is 20.4 Å². The Labute approximate surface area is 271 Å². The summed E-state index contributed by atoms with van der Waals surface area (Å²) in [4.78, 5) is 8.10. The van der Waals surface area contributed by atoms with Gasteiger partial charge in [0.15, 0.2) is 5.96 Å². The topological polar surface area (TPSA) is 133 Å². The average Bonchev–Trinajstić information content (AvgIpc) is 3.54. The molecule has 2 aromatic rings. The van der Waals surface area contributed by atoms with Gasteiger partial charge >= 0.3 is 0 Å². The Morgan fingerprint density at radius 3 is 2.76 bits per heavy atom. The standard InChI is InChI=1S/C38H48N4O4/c1-39-35(40-17-6-18-43)42-26-13-12-24-8-4-9-25(20-27-19-23-7-2-3-11-32(23)41-27)38(24)29-10-5-16-36(45)28(29)14-15-30(38)34-31(36)21-33(44)37(34,46)22-26/h2-3,5,7,9-11,19,24,26,28-31,33-34,41,43-46H,4,6,8,14-18,20-22H2,1H3,(H2,39,40,42)/t24-,26-,28-,29+,30-,31+,33+,34+,36+,37+,38+/m1/s1. The zero-order valence-corrected chi connectivity index (χ0v) is 26.8. The highest BCUT2D eigenvalue weighted by molar-refractivity contribution is 5.81. The van der Waals surface area contributed by atoms with Crippen LogP contribution in [0.1, 0.15) is 57.1 Å². The molecule has 0 radical (unpaired) electrons. The molecule has 8 heteroatoms. The molecule has 6 aliphatic rings. The second-order valence-electron chi connectivity index (χ2n) is 14.9. The smallest absolute Gasteiger partial charge is 0.191 e. The molecule has 0 saturated heterocycles. The van der Waals surface area contributed by atoms with Crippen molar-refractivity contribution in [2.45, 2.75) is 81.1 Å². The Bertz CT molecular complexity index is 1620. The molecule has 1 aromatic heterocycles. The van der Waals surface area contributed by atoms with Gasteiger partial charge in [-0.25, -0.2) is 0 Å². The third-order valence-electron chi connectivity index (χ3n) is 13.0. The van der Waals surface area contributed by atoms with E-state index in [4.69, 9.17) is 0 Å². The number of allylic oxidation sites excluding steroid dienone is 3. The molecular formula is C38H48N4O4. The number of hydrogen-bond donors (Lipinski definition) is 7. The number of aromatic nitrogens is 1. The highest BCUT2D eigenvalue weighted by Gasteiger charge is 2.74. The number of rotatable bonds is 6. The van der Waals surface area contributed by atoms with Crippen molar-refractivity contribution in [2.75, 3.05) is 20.2 Å². The van der Waals surface area contributed by atoms with E-state index >= 15 is 0 Å². The summed E-state index contributed by atoms with van der Waals surface area (Å²) in [6.45, 7) is 0.646. The van der Waals surface area contributed by atoms with Crippen LogP contribution in [0.15, 0.2) is 59.1 Å². The second-order valence-corrected chi connectivity index (χ2v) is 14.9. The summed E-state index contributed by atoms with van der Waals surface area (Å²) in [7, 11) is 1.71. The Morgan fingerprint density at radius 1 is 1.09 bits per heavy atom. The predicted molar refractivity (Wildman–Crippen MR) is 179 cm³/mol. The van der Waals surface area contributed by atoms with E-state index in [-0.39, 0.29) is 54.0 Å². The van der Waals surface area contributed by atoms with Crippen molar-refractivity contribution in [1.29, 1.82) is 0 Å². The van der Waals surface area contributed by atoms with Crippen LogP contribution in [0.3, 0.4) is 0 Å². The first-order valence-corrected chi connectivity index (χ1v) is 17.5. The van der Waals surface area contributed by atoms with E-state index in [1.807, 2.05) is 0 Å². The summed E-state index contributed by atoms with van der Waals surface area (Å²) < 4.78 is 0. The van der Waals surface area contributed by atoms with Crippen LogP contribution in [0, 0.1) is 52.8 Å². The lowest BCUT2D eigenvalue weighted by molar-refractivity contribution is -0.131. The quantitative estimate of drug-likeness (QED) is 0.0867. The van der Waals surface area contributed by atoms with Crippen LogP contribution in [-0.2, 0) is 6.42 Å². The van der Waals surface area contributed by atoms with Gasteiger partial charge < -0.3 is 36.0 Å². The summed E-state index contributed by atoms with van der Waals surface area (Å²) in [5.74, 6) is 7.82. The van der Waals surface area contributed by atoms with Gasteiger partial charge in [-0.05, 0) is 92.1 Å². The van der Waals surface area contributed by atoms with Crippen molar-refractivity contribution >= 4 is 16.9 Å². The van der Waals surface area contributed by atoms with E-state index in [1.165, 1.54) is 16.7 Å². The van der Waals surface area contributed by atoms with Crippen LogP contribution in [0.25, 0.3) is 10.9 Å². The molecule has 1 spiro atoms. The molecule has 244 valence electrons. The van der Waals surface area contributed by atoms with E-state index in [1.54, 1.807) is 7.05 Å². The van der Waals surface area contributed by atoms with Crippen LogP contribution < -0.4 is 10.6 Å². The maximum atomic E-state index is 12.9. The maximum Gasteiger partial charge on any atom is 0.191 e. The maximum absolute atomic E-state index is 12.9. The number of fused-ring (bicyclic) bond motifs is 2. The first kappa shape index (κ1) is 30.3. The van der Waals surface area contributed by atoms with E-state index < -0.39 is 23.3 Å². The second kappa shape index (κ2) is 11.3. The molecule has 3 saturated carbocycles. The molecule has 0 aliphatic heterocycles. The predicted octanol–water partition coefficient (Wildman–Crippen LogP) is 3.43. The summed E-state index contributed by atoms with van der Waals surface area (Å²) in [5.41, 5.74) is 0.953. The number of benzene rings is 1. The molecule has 3 fully saturated rings. The number of guanidine groups is 1. The molecule has 11 atom stereocenters. The fourth-order valence-corrected chi connectivity index (χ4v) is 11.4. The molecule has 6 aliphatic carbocycles. The highest BCUT2D eigenvalue weighted by Crippen LogP contribution is 2.73. The van der Waals surface area contributed by atoms with Crippen molar-refractivity contribution in [3.63, 3.8) is 0 Å². The molecule has 8 rings (SSSR count). The molecule has 1 heterocycles. The van der Waals surface area contributed by atoms with E-state index in [2.05, 4.69) is 81.0 Å². The number of para-hydroxylation sites is 1. The average molecular weight is 625 g/mol. The van der Waals surface area contributed by atoms with Crippen molar-refractivity contribution in [3.8, 4) is 11.8 Å². The lowest BCUT2D eigenvalue weighted by Gasteiger charge is -2.60. The fourth-order valence-electron chi connectivity index (χ4n) is 11.4. The van der Waals surface area contributed by atoms with Crippen molar-refractivity contribution in [2.24, 2.45) is 45.9 Å². The number of aromatic amines is 1. The Morgan fingerprint density at radius 2 is 1.93 bits per heavy atom. The number of hydrogen-bond acceptors (Lipinski definition) is 5. The van der Waals surface area contributed by atoms with Gasteiger partial charge in [0.05, 0.1) is 23.3 Å². The van der Waals surface area contributed by atoms with Crippen LogP contribution >= 0.6 is 0 Å². The van der Waals surface area contributed by atoms with Gasteiger partial charge in [0.1, 0.15) is 0 Å². The van der Waals surface area contributed by atoms with Gasteiger partial charge in [0.25, 0.3) is 0 Å². The van der Waals surface area contributed by atoms with Gasteiger partial charge in [-0.2, -0.15) is 0 Å². The first-order valence-electron chi connectivity index (χ1n) is 17.5. The Kier molecular flexibility index (Phi) is 7.41. The zero-order chi connectivity index (χ0) is 31.7. The van der Waals surface area contributed by atoms with E-state index in [0.29, 0.717) is 31.8 Å². The minimum Gasteiger partial charge on any atom is -0.396 e. The number of nitrogens with zero attached hydrogens (tertiary/aromatic N) is 1. The molecule has 0 unspecified atom stereocenters. The normalized spacial score (nSPS) is 42.2. The van der Waals surface area contributed by atoms with Crippen LogP contribution in [0.4, 0.5) is 0 Å². The molecular weight excluding hydrogens is 576 g/mol. The third kappa shape index (κ3) is 4.31. The molecule has 7 N–H and O–H groups in total. The summed E-state index contributed by atoms with van der Waals surface area (Å²) in [6.07, 6.45) is 12.4. The first-order chi connectivity index (χ1) is 22.3. The molecule has 0 amide bonds. The molecule has 6 bridgehead atoms. The number of aliphatic hydroxyl groups is 4. The van der Waals surface area contributed by atoms with Crippen LogP contribution in [0.2, 0.25) is 0 Å². The third-order valence-corrected chi connectivity index (χ3v) is 13.0. The van der Waals surface area contributed by atoms with Gasteiger partial charge in [-0.15, -0.1) is 0 Å². The minimum atomic E-state index is -1.42. The Hall–Kier alpha value is -3.09. The summed E-state index contributed by atoms with van der Waals surface area (Å²) in [5, 5.41) is 54.8. The number of aliphatic hydroxyl groups excluding tert-OH is 2. The lowest BCUT2D eigenvalue weighted by Crippen LogP contribution is -2.58. The minimum absolute atomic E-state index is 0.0502. The fraction of sp³-hybridized carbons (Fsp3) is 0.605. The highest BCUT2D eigenvalue weighted by atomic mass is 16.3. The molecule has 46 heavy (non-hydrogen) atoms. The van der Waals surface area contributed by atoms with Crippen LogP contribution in [0.5, 0.6) is 0 Å². The summed E-state index contributed by atoms with van der Waals surface area (Å²) in [6, 6.07) is 10.3. The number of H-pyrrole nitrogens is 1. The monoisotopic (exact) mass is 624 g/mol. The number of nitrogens with one attached hydrogen (secondary N) is 3. The largest absolute Gasteiger partial charge is 0.396 e. The SMILES string of the molecule is CN=C(NCCCO)N[C@@H]1C#C[C@H]2CCC=C(Cc3cc4ccccc4[nH]3)[C@@]23[C@@H]2CC[C@@H]4[C@@H]3C=CC[C@@]4(O)[C@H]3C[C@H](O)[C@@](O)(C1)[C@@H]23.